The van der Waals surface area contributed by atoms with E-state index in [-0.39, 0.29) is 17.2 Å². The van der Waals surface area contributed by atoms with Gasteiger partial charge in [-0.05, 0) is 38.1 Å². The second kappa shape index (κ2) is 8.57. The second-order valence-corrected chi connectivity index (χ2v) is 8.18. The monoisotopic (exact) mass is 433 g/mol. The number of carbonyl (C=O) groups excluding carboxylic acids is 2. The third-order valence-electron chi connectivity index (χ3n) is 4.64. The predicted molar refractivity (Wildman–Crippen MR) is 120 cm³/mol. The number of amides is 1. The fraction of sp³-hybridized carbons (Fsp3) is 0.136. The Morgan fingerprint density at radius 1 is 1.10 bits per heavy atom. The van der Waals surface area contributed by atoms with Crippen LogP contribution in [0.4, 0.5) is 5.69 Å². The number of ketones is 1. The highest BCUT2D eigenvalue weighted by molar-refractivity contribution is 8.00. The maximum atomic E-state index is 12.7. The van der Waals surface area contributed by atoms with E-state index >= 15 is 0 Å². The average Bonchev–Trinajstić information content (AvgIpc) is 3.19. The average molecular weight is 433 g/mol. The van der Waals surface area contributed by atoms with Crippen molar-refractivity contribution in [1.29, 1.82) is 0 Å². The molecular weight excluding hydrogens is 414 g/mol. The Bertz CT molecular complexity index is 1330. The van der Waals surface area contributed by atoms with Gasteiger partial charge >= 0.3 is 0 Å². The molecule has 0 bridgehead atoms. The molecular formula is C22H19N5O3S. The Morgan fingerprint density at radius 3 is 2.55 bits per heavy atom. The summed E-state index contributed by atoms with van der Waals surface area (Å²) in [6.45, 7) is 3.15. The molecule has 0 aliphatic carbocycles. The molecule has 0 saturated carbocycles. The van der Waals surface area contributed by atoms with Crippen LogP contribution in [-0.4, -0.2) is 36.7 Å². The van der Waals surface area contributed by atoms with Gasteiger partial charge in [-0.25, -0.2) is 9.67 Å². The maximum absolute atomic E-state index is 12.7. The number of nitrogens with zero attached hydrogens (tertiary/aromatic N) is 3. The Balaban J connectivity index is 1.59. The summed E-state index contributed by atoms with van der Waals surface area (Å²) < 4.78 is 1.59. The molecule has 0 aliphatic rings. The molecule has 0 radical (unpaired) electrons. The molecule has 2 N–H and O–H groups in total. The molecule has 1 unspecified atom stereocenters. The number of fused-ring (bicyclic) bond motifs is 1. The van der Waals surface area contributed by atoms with Gasteiger partial charge in [-0.1, -0.05) is 42.1 Å². The number of para-hydroxylation sites is 2. The molecule has 2 aromatic heterocycles. The summed E-state index contributed by atoms with van der Waals surface area (Å²) >= 11 is 1.12. The Morgan fingerprint density at radius 2 is 1.81 bits per heavy atom. The first kappa shape index (κ1) is 20.5. The third-order valence-corrected chi connectivity index (χ3v) is 5.62. The number of carbonyl (C=O) groups is 2. The van der Waals surface area contributed by atoms with Crippen molar-refractivity contribution in [3.05, 3.63) is 76.7 Å². The number of H-pyrrole nitrogens is 1. The van der Waals surface area contributed by atoms with Gasteiger partial charge in [0, 0.05) is 5.56 Å². The van der Waals surface area contributed by atoms with Gasteiger partial charge in [0.2, 0.25) is 5.91 Å². The van der Waals surface area contributed by atoms with Gasteiger partial charge in [0.15, 0.2) is 16.6 Å². The van der Waals surface area contributed by atoms with Crippen LogP contribution in [0.2, 0.25) is 0 Å². The second-order valence-electron chi connectivity index (χ2n) is 6.85. The van der Waals surface area contributed by atoms with E-state index in [4.69, 9.17) is 0 Å². The van der Waals surface area contributed by atoms with Crippen LogP contribution in [0.25, 0.3) is 16.7 Å². The molecule has 8 nitrogen and oxygen atoms in total. The zero-order chi connectivity index (χ0) is 22.0. The van der Waals surface area contributed by atoms with Crippen LogP contribution in [0.3, 0.4) is 0 Å². The standard InChI is InChI=1S/C22H19N5O3S/c1-13(28)16-10-6-7-11-18(16)24-20(29)14(2)31-22-25-19-17(21(30)26-22)12-23-27(19)15-8-4-3-5-9-15/h3-12,14H,1-2H3,(H,24,29)(H,25,26,30). The lowest BCUT2D eigenvalue weighted by Gasteiger charge is -2.13. The van der Waals surface area contributed by atoms with Crippen LogP contribution in [0.15, 0.2) is 70.7 Å². The summed E-state index contributed by atoms with van der Waals surface area (Å²) in [5.74, 6) is -0.445. The van der Waals surface area contributed by atoms with E-state index in [9.17, 15) is 14.4 Å². The SMILES string of the molecule is CC(=O)c1ccccc1NC(=O)C(C)Sc1nc2c(cnn2-c2ccccc2)c(=O)[nH]1. The van der Waals surface area contributed by atoms with E-state index in [1.165, 1.54) is 13.1 Å². The number of rotatable bonds is 6. The molecule has 1 amide bonds. The number of hydrogen-bond donors (Lipinski definition) is 2. The van der Waals surface area contributed by atoms with Crippen LogP contribution >= 0.6 is 11.8 Å². The molecule has 4 rings (SSSR count). The van der Waals surface area contributed by atoms with E-state index < -0.39 is 5.25 Å². The Labute approximate surface area is 181 Å². The van der Waals surface area contributed by atoms with Crippen molar-refractivity contribution in [3.8, 4) is 5.69 Å². The molecule has 0 saturated heterocycles. The van der Waals surface area contributed by atoms with Crippen molar-refractivity contribution in [1.82, 2.24) is 19.7 Å². The number of aromatic nitrogens is 4. The zero-order valence-electron chi connectivity index (χ0n) is 16.8. The van der Waals surface area contributed by atoms with Crippen LogP contribution < -0.4 is 10.9 Å². The van der Waals surface area contributed by atoms with Crippen molar-refractivity contribution in [3.63, 3.8) is 0 Å². The smallest absolute Gasteiger partial charge is 0.262 e. The molecule has 4 aromatic rings. The number of hydrogen-bond acceptors (Lipinski definition) is 6. The van der Waals surface area contributed by atoms with Gasteiger partial charge < -0.3 is 10.3 Å². The molecule has 0 spiro atoms. The van der Waals surface area contributed by atoms with E-state index in [1.807, 2.05) is 30.3 Å². The van der Waals surface area contributed by atoms with Gasteiger partial charge in [0.25, 0.3) is 5.56 Å². The first-order valence-corrected chi connectivity index (χ1v) is 10.4. The largest absolute Gasteiger partial charge is 0.324 e. The number of nitrogens with one attached hydrogen (secondary N) is 2. The molecule has 2 heterocycles. The summed E-state index contributed by atoms with van der Waals surface area (Å²) in [5, 5.41) is 7.15. The molecule has 0 fully saturated rings. The first-order valence-electron chi connectivity index (χ1n) is 9.55. The highest BCUT2D eigenvalue weighted by atomic mass is 32.2. The van der Waals surface area contributed by atoms with Crippen molar-refractivity contribution in [2.45, 2.75) is 24.3 Å². The lowest BCUT2D eigenvalue weighted by molar-refractivity contribution is -0.115. The quantitative estimate of drug-likeness (QED) is 0.274. The van der Waals surface area contributed by atoms with E-state index in [1.54, 1.807) is 35.9 Å². The molecule has 156 valence electrons. The topological polar surface area (TPSA) is 110 Å². The van der Waals surface area contributed by atoms with E-state index in [2.05, 4.69) is 20.4 Å². The fourth-order valence-corrected chi connectivity index (χ4v) is 3.86. The van der Waals surface area contributed by atoms with Crippen LogP contribution in [0.5, 0.6) is 0 Å². The summed E-state index contributed by atoms with van der Waals surface area (Å²) in [6, 6.07) is 16.2. The van der Waals surface area contributed by atoms with Crippen LogP contribution in [-0.2, 0) is 4.79 Å². The number of anilines is 1. The highest BCUT2D eigenvalue weighted by Crippen LogP contribution is 2.23. The van der Waals surface area contributed by atoms with Crippen molar-refractivity contribution >= 4 is 40.2 Å². The molecule has 2 aromatic carbocycles. The molecule has 31 heavy (non-hydrogen) atoms. The fourth-order valence-electron chi connectivity index (χ4n) is 3.07. The lowest BCUT2D eigenvalue weighted by Crippen LogP contribution is -2.24. The number of thioether (sulfide) groups is 1. The maximum Gasteiger partial charge on any atom is 0.262 e. The van der Waals surface area contributed by atoms with Crippen molar-refractivity contribution in [2.75, 3.05) is 5.32 Å². The minimum atomic E-state index is -0.575. The zero-order valence-corrected chi connectivity index (χ0v) is 17.6. The normalized spacial score (nSPS) is 11.9. The van der Waals surface area contributed by atoms with Gasteiger partial charge in [-0.15, -0.1) is 0 Å². The van der Waals surface area contributed by atoms with Crippen molar-refractivity contribution < 1.29 is 9.59 Å². The number of benzene rings is 2. The van der Waals surface area contributed by atoms with Gasteiger partial charge in [-0.3, -0.25) is 14.4 Å². The summed E-state index contributed by atoms with van der Waals surface area (Å²) in [7, 11) is 0. The first-order chi connectivity index (χ1) is 14.9. The Hall–Kier alpha value is -3.72. The summed E-state index contributed by atoms with van der Waals surface area (Å²) in [5.41, 5.74) is 1.74. The third kappa shape index (κ3) is 4.26. The highest BCUT2D eigenvalue weighted by Gasteiger charge is 2.19. The van der Waals surface area contributed by atoms with E-state index in [0.29, 0.717) is 27.4 Å². The van der Waals surface area contributed by atoms with E-state index in [0.717, 1.165) is 17.4 Å². The summed E-state index contributed by atoms with van der Waals surface area (Å²) in [6.07, 6.45) is 1.47. The Kier molecular flexibility index (Phi) is 5.68. The predicted octanol–water partition coefficient (Wildman–Crippen LogP) is 3.43. The van der Waals surface area contributed by atoms with Gasteiger partial charge in [-0.2, -0.15) is 5.10 Å². The van der Waals surface area contributed by atoms with Crippen LogP contribution in [0.1, 0.15) is 24.2 Å². The molecule has 0 aliphatic heterocycles. The van der Waals surface area contributed by atoms with Crippen LogP contribution in [0, 0.1) is 0 Å². The lowest BCUT2D eigenvalue weighted by atomic mass is 10.1. The van der Waals surface area contributed by atoms with Gasteiger partial charge in [0.1, 0.15) is 5.39 Å². The van der Waals surface area contributed by atoms with Crippen molar-refractivity contribution in [2.24, 2.45) is 0 Å². The minimum absolute atomic E-state index is 0.137. The molecule has 9 heteroatoms. The number of aromatic amines is 1. The molecule has 1 atom stereocenters. The number of Topliss-reactive ketones (excluding diaryl/α,β-unsaturated/α-hetero) is 1. The minimum Gasteiger partial charge on any atom is -0.324 e. The summed E-state index contributed by atoms with van der Waals surface area (Å²) in [4.78, 5) is 44.2. The van der Waals surface area contributed by atoms with Gasteiger partial charge in [0.05, 0.1) is 22.8 Å².